The van der Waals surface area contributed by atoms with Gasteiger partial charge in [0.05, 0.1) is 0 Å². The maximum absolute atomic E-state index is 13.1. The number of nitrogens with two attached hydrogens (primary N) is 1. The Hall–Kier alpha value is -1.26. The number of halogens is 2. The molecule has 1 aromatic heterocycles. The zero-order valence-corrected chi connectivity index (χ0v) is 9.57. The molecule has 4 heteroatoms. The Kier molecular flexibility index (Phi) is 3.03. The summed E-state index contributed by atoms with van der Waals surface area (Å²) in [6.45, 7) is 2.35. The van der Waals surface area contributed by atoms with E-state index in [0.717, 1.165) is 22.1 Å². The Balaban J connectivity index is 2.57. The van der Waals surface area contributed by atoms with Crippen molar-refractivity contribution in [1.29, 1.82) is 0 Å². The van der Waals surface area contributed by atoms with Crippen molar-refractivity contribution in [2.45, 2.75) is 13.5 Å². The van der Waals surface area contributed by atoms with E-state index in [0.29, 0.717) is 12.1 Å². The molecule has 0 saturated carbocycles. The molecule has 0 amide bonds. The second-order valence-electron chi connectivity index (χ2n) is 3.53. The first-order valence-corrected chi connectivity index (χ1v) is 5.74. The molecule has 1 aromatic carbocycles. The van der Waals surface area contributed by atoms with Gasteiger partial charge in [-0.1, -0.05) is 6.07 Å². The molecule has 0 aliphatic rings. The Morgan fingerprint density at radius 1 is 1.25 bits per heavy atom. The first-order valence-electron chi connectivity index (χ1n) is 4.86. The SMILES string of the molecule is Cc1scc(CN)c1-c1ccc(F)c(F)c1. The summed E-state index contributed by atoms with van der Waals surface area (Å²) in [5, 5.41) is 1.95. The third-order valence-electron chi connectivity index (χ3n) is 2.48. The van der Waals surface area contributed by atoms with Crippen molar-refractivity contribution in [3.8, 4) is 11.1 Å². The minimum atomic E-state index is -0.828. The quantitative estimate of drug-likeness (QED) is 0.853. The van der Waals surface area contributed by atoms with Crippen molar-refractivity contribution in [3.05, 3.63) is 45.7 Å². The molecule has 0 bridgehead atoms. The van der Waals surface area contributed by atoms with Crippen LogP contribution in [0.25, 0.3) is 11.1 Å². The van der Waals surface area contributed by atoms with Crippen LogP contribution in [-0.4, -0.2) is 0 Å². The molecule has 2 aromatic rings. The van der Waals surface area contributed by atoms with E-state index in [4.69, 9.17) is 5.73 Å². The fourth-order valence-corrected chi connectivity index (χ4v) is 2.59. The summed E-state index contributed by atoms with van der Waals surface area (Å²) in [5.74, 6) is -1.66. The van der Waals surface area contributed by atoms with E-state index in [2.05, 4.69) is 0 Å². The van der Waals surface area contributed by atoms with Gasteiger partial charge in [0.2, 0.25) is 0 Å². The van der Waals surface area contributed by atoms with Crippen molar-refractivity contribution in [2.75, 3.05) is 0 Å². The van der Waals surface area contributed by atoms with Crippen molar-refractivity contribution in [3.63, 3.8) is 0 Å². The molecule has 1 nitrogen and oxygen atoms in total. The Morgan fingerprint density at radius 3 is 2.62 bits per heavy atom. The highest BCUT2D eigenvalue weighted by Gasteiger charge is 2.11. The smallest absolute Gasteiger partial charge is 0.159 e. The fourth-order valence-electron chi connectivity index (χ4n) is 1.69. The van der Waals surface area contributed by atoms with Gasteiger partial charge in [-0.2, -0.15) is 0 Å². The zero-order chi connectivity index (χ0) is 11.7. The van der Waals surface area contributed by atoms with Crippen LogP contribution in [-0.2, 0) is 6.54 Å². The molecular weight excluding hydrogens is 228 g/mol. The maximum atomic E-state index is 13.1. The lowest BCUT2D eigenvalue weighted by Crippen LogP contribution is -1.97. The van der Waals surface area contributed by atoms with Gasteiger partial charge in [0.25, 0.3) is 0 Å². The van der Waals surface area contributed by atoms with Crippen LogP contribution in [0.2, 0.25) is 0 Å². The van der Waals surface area contributed by atoms with E-state index in [1.807, 2.05) is 12.3 Å². The van der Waals surface area contributed by atoms with Crippen molar-refractivity contribution >= 4 is 11.3 Å². The van der Waals surface area contributed by atoms with E-state index in [-0.39, 0.29) is 0 Å². The highest BCUT2D eigenvalue weighted by Crippen LogP contribution is 2.32. The van der Waals surface area contributed by atoms with Gasteiger partial charge in [-0.05, 0) is 41.1 Å². The van der Waals surface area contributed by atoms with Crippen LogP contribution in [0.15, 0.2) is 23.6 Å². The van der Waals surface area contributed by atoms with E-state index < -0.39 is 11.6 Å². The molecule has 0 aliphatic carbocycles. The monoisotopic (exact) mass is 239 g/mol. The molecule has 2 rings (SSSR count). The largest absolute Gasteiger partial charge is 0.326 e. The minimum absolute atomic E-state index is 0.401. The molecule has 84 valence electrons. The van der Waals surface area contributed by atoms with Crippen molar-refractivity contribution < 1.29 is 8.78 Å². The molecule has 2 N–H and O–H groups in total. The van der Waals surface area contributed by atoms with Crippen LogP contribution in [0.4, 0.5) is 8.78 Å². The lowest BCUT2D eigenvalue weighted by atomic mass is 10.0. The van der Waals surface area contributed by atoms with E-state index in [1.165, 1.54) is 6.07 Å². The Labute approximate surface area is 96.5 Å². The number of thiophene rings is 1. The first-order chi connectivity index (χ1) is 7.63. The van der Waals surface area contributed by atoms with E-state index in [9.17, 15) is 8.78 Å². The first kappa shape index (κ1) is 11.2. The number of rotatable bonds is 2. The second kappa shape index (κ2) is 4.31. The minimum Gasteiger partial charge on any atom is -0.326 e. The third kappa shape index (κ3) is 1.86. The standard InChI is InChI=1S/C12H11F2NS/c1-7-12(9(5-15)6-16-7)8-2-3-10(13)11(14)4-8/h2-4,6H,5,15H2,1H3. The molecule has 0 atom stereocenters. The molecule has 0 saturated heterocycles. The summed E-state index contributed by atoms with van der Waals surface area (Å²) >= 11 is 1.56. The lowest BCUT2D eigenvalue weighted by molar-refractivity contribution is 0.509. The van der Waals surface area contributed by atoms with Gasteiger partial charge in [0, 0.05) is 11.4 Å². The predicted octanol–water partition coefficient (Wildman–Crippen LogP) is 3.46. The average molecular weight is 239 g/mol. The van der Waals surface area contributed by atoms with Crippen molar-refractivity contribution in [2.24, 2.45) is 5.73 Å². The number of aryl methyl sites for hydroxylation is 1. The Bertz CT molecular complexity index is 520. The molecule has 0 spiro atoms. The van der Waals surface area contributed by atoms with Crippen LogP contribution < -0.4 is 5.73 Å². The van der Waals surface area contributed by atoms with Gasteiger partial charge in [-0.3, -0.25) is 0 Å². The van der Waals surface area contributed by atoms with Crippen LogP contribution in [0.5, 0.6) is 0 Å². The number of hydrogen-bond donors (Lipinski definition) is 1. The summed E-state index contributed by atoms with van der Waals surface area (Å²) < 4.78 is 26.0. The topological polar surface area (TPSA) is 26.0 Å². The van der Waals surface area contributed by atoms with E-state index in [1.54, 1.807) is 17.4 Å². The van der Waals surface area contributed by atoms with Crippen LogP contribution in [0.3, 0.4) is 0 Å². The van der Waals surface area contributed by atoms with Gasteiger partial charge >= 0.3 is 0 Å². The van der Waals surface area contributed by atoms with Gasteiger partial charge in [-0.15, -0.1) is 11.3 Å². The summed E-state index contributed by atoms with van der Waals surface area (Å²) in [6.07, 6.45) is 0. The predicted molar refractivity (Wildman–Crippen MR) is 62.3 cm³/mol. The summed E-state index contributed by atoms with van der Waals surface area (Å²) in [5.41, 5.74) is 8.18. The average Bonchev–Trinajstić information content (AvgIpc) is 2.64. The van der Waals surface area contributed by atoms with Crippen LogP contribution >= 0.6 is 11.3 Å². The molecule has 0 fully saturated rings. The van der Waals surface area contributed by atoms with Crippen LogP contribution in [0.1, 0.15) is 10.4 Å². The highest BCUT2D eigenvalue weighted by molar-refractivity contribution is 7.10. The summed E-state index contributed by atoms with van der Waals surface area (Å²) in [7, 11) is 0. The van der Waals surface area contributed by atoms with Gasteiger partial charge in [-0.25, -0.2) is 8.78 Å². The summed E-state index contributed by atoms with van der Waals surface area (Å²) in [4.78, 5) is 1.06. The van der Waals surface area contributed by atoms with Gasteiger partial charge < -0.3 is 5.73 Å². The van der Waals surface area contributed by atoms with Crippen LogP contribution in [0, 0.1) is 18.6 Å². The molecule has 1 heterocycles. The summed E-state index contributed by atoms with van der Waals surface area (Å²) in [6, 6.07) is 3.93. The number of hydrogen-bond acceptors (Lipinski definition) is 2. The normalized spacial score (nSPS) is 10.8. The fraction of sp³-hybridized carbons (Fsp3) is 0.167. The molecule has 16 heavy (non-hydrogen) atoms. The molecule has 0 unspecified atom stereocenters. The van der Waals surface area contributed by atoms with E-state index >= 15 is 0 Å². The maximum Gasteiger partial charge on any atom is 0.159 e. The van der Waals surface area contributed by atoms with Gasteiger partial charge in [0.15, 0.2) is 11.6 Å². The molecular formula is C12H11F2NS. The van der Waals surface area contributed by atoms with Crippen molar-refractivity contribution in [1.82, 2.24) is 0 Å². The van der Waals surface area contributed by atoms with Gasteiger partial charge in [0.1, 0.15) is 0 Å². The second-order valence-corrected chi connectivity index (χ2v) is 4.61. The Morgan fingerprint density at radius 2 is 2.00 bits per heavy atom. The number of benzene rings is 1. The zero-order valence-electron chi connectivity index (χ0n) is 8.76. The lowest BCUT2D eigenvalue weighted by Gasteiger charge is -2.05. The third-order valence-corrected chi connectivity index (χ3v) is 3.44. The highest BCUT2D eigenvalue weighted by atomic mass is 32.1. The molecule has 0 radical (unpaired) electrons. The molecule has 0 aliphatic heterocycles.